The molecule has 2 aromatic rings. The summed E-state index contributed by atoms with van der Waals surface area (Å²) in [6.45, 7) is 6.98. The lowest BCUT2D eigenvalue weighted by molar-refractivity contribution is -0.124. The van der Waals surface area contributed by atoms with Crippen LogP contribution in [0, 0.1) is 11.8 Å². The summed E-state index contributed by atoms with van der Waals surface area (Å²) in [5, 5.41) is 8.72. The number of aromatic nitrogens is 3. The van der Waals surface area contributed by atoms with E-state index >= 15 is 0 Å². The highest BCUT2D eigenvalue weighted by Crippen LogP contribution is 2.36. The van der Waals surface area contributed by atoms with Gasteiger partial charge in [0, 0.05) is 34.9 Å². The normalized spacial score (nSPS) is 25.0. The van der Waals surface area contributed by atoms with Gasteiger partial charge in [0.1, 0.15) is 12.1 Å². The number of hydrogen-bond acceptors (Lipinski definition) is 6. The second-order valence-electron chi connectivity index (χ2n) is 8.30. The minimum atomic E-state index is -0.236. The highest BCUT2D eigenvalue weighted by Gasteiger charge is 2.31. The summed E-state index contributed by atoms with van der Waals surface area (Å²) in [4.78, 5) is 25.9. The van der Waals surface area contributed by atoms with E-state index in [1.807, 2.05) is 24.3 Å². The van der Waals surface area contributed by atoms with Gasteiger partial charge in [0.2, 0.25) is 5.91 Å². The fraction of sp³-hybridized carbons (Fsp3) is 0.333. The Morgan fingerprint density at radius 1 is 1.26 bits per heavy atom. The van der Waals surface area contributed by atoms with Gasteiger partial charge in [-0.3, -0.25) is 4.79 Å². The number of rotatable bonds is 6. The average Bonchev–Trinajstić information content (AvgIpc) is 3.22. The number of anilines is 1. The van der Waals surface area contributed by atoms with Crippen LogP contribution in [0.4, 0.5) is 5.82 Å². The quantitative estimate of drug-likeness (QED) is 0.695. The molecule has 3 atom stereocenters. The highest BCUT2D eigenvalue weighted by atomic mass is 32.2. The lowest BCUT2D eigenvalue weighted by atomic mass is 9.85. The topological polar surface area (TPSA) is 79.8 Å². The first-order valence-corrected chi connectivity index (χ1v) is 11.3. The van der Waals surface area contributed by atoms with Gasteiger partial charge in [0.25, 0.3) is 0 Å². The van der Waals surface area contributed by atoms with E-state index in [1.165, 1.54) is 6.33 Å². The van der Waals surface area contributed by atoms with E-state index in [0.29, 0.717) is 12.4 Å². The fourth-order valence-corrected chi connectivity index (χ4v) is 4.73. The number of hydrogen-bond donors (Lipinski definition) is 2. The van der Waals surface area contributed by atoms with Gasteiger partial charge in [-0.05, 0) is 61.4 Å². The smallest absolute Gasteiger partial charge is 0.227 e. The van der Waals surface area contributed by atoms with Gasteiger partial charge in [0.05, 0.1) is 11.6 Å². The summed E-state index contributed by atoms with van der Waals surface area (Å²) >= 11 is 1.78. The predicted molar refractivity (Wildman–Crippen MR) is 126 cm³/mol. The van der Waals surface area contributed by atoms with E-state index in [0.717, 1.165) is 28.9 Å². The van der Waals surface area contributed by atoms with Crippen LogP contribution < -0.4 is 10.6 Å². The van der Waals surface area contributed by atoms with E-state index in [2.05, 4.69) is 63.9 Å². The minimum Gasteiger partial charge on any atom is -0.354 e. The van der Waals surface area contributed by atoms with Gasteiger partial charge >= 0.3 is 0 Å². The number of pyridine rings is 1. The minimum absolute atomic E-state index is 0.0461. The van der Waals surface area contributed by atoms with Gasteiger partial charge in [-0.2, -0.15) is 0 Å². The van der Waals surface area contributed by atoms with Crippen LogP contribution in [0.3, 0.4) is 0 Å². The molecule has 6 nitrogen and oxygen atoms in total. The van der Waals surface area contributed by atoms with Crippen molar-refractivity contribution < 1.29 is 4.79 Å². The van der Waals surface area contributed by atoms with Crippen LogP contribution in [0.5, 0.6) is 0 Å². The van der Waals surface area contributed by atoms with E-state index < -0.39 is 0 Å². The molecular formula is C24H27N5OS. The SMILES string of the molecule is CC1=CC(C)C(C(=O)NCC2(C)CC=CS2)C=C1Nc1ncccc1-c1ccncn1. The van der Waals surface area contributed by atoms with Crippen LogP contribution in [-0.4, -0.2) is 32.2 Å². The number of carbonyl (C=O) groups excluding carboxylic acids is 1. The maximum Gasteiger partial charge on any atom is 0.227 e. The van der Waals surface area contributed by atoms with Crippen molar-refractivity contribution in [1.29, 1.82) is 0 Å². The van der Waals surface area contributed by atoms with Crippen molar-refractivity contribution in [2.45, 2.75) is 31.9 Å². The van der Waals surface area contributed by atoms with Crippen LogP contribution in [0.15, 0.2) is 71.8 Å². The average molecular weight is 434 g/mol. The fourth-order valence-electron chi connectivity index (χ4n) is 3.86. The molecule has 0 spiro atoms. The van der Waals surface area contributed by atoms with Crippen LogP contribution >= 0.6 is 11.8 Å². The number of nitrogens with one attached hydrogen (secondary N) is 2. The zero-order valence-corrected chi connectivity index (χ0v) is 18.8. The third kappa shape index (κ3) is 4.88. The second-order valence-corrected chi connectivity index (χ2v) is 9.79. The summed E-state index contributed by atoms with van der Waals surface area (Å²) in [6.07, 6.45) is 12.3. The Balaban J connectivity index is 1.53. The molecule has 4 rings (SSSR count). The molecule has 1 amide bonds. The van der Waals surface area contributed by atoms with Crippen molar-refractivity contribution in [3.63, 3.8) is 0 Å². The van der Waals surface area contributed by atoms with Gasteiger partial charge in [-0.25, -0.2) is 15.0 Å². The molecule has 1 aliphatic carbocycles. The Kier molecular flexibility index (Phi) is 6.23. The van der Waals surface area contributed by atoms with Gasteiger partial charge in [-0.1, -0.05) is 19.1 Å². The number of nitrogens with zero attached hydrogens (tertiary/aromatic N) is 3. The van der Waals surface area contributed by atoms with E-state index in [4.69, 9.17) is 0 Å². The van der Waals surface area contributed by atoms with Crippen molar-refractivity contribution in [1.82, 2.24) is 20.3 Å². The Labute approximate surface area is 187 Å². The van der Waals surface area contributed by atoms with Crippen LogP contribution in [0.25, 0.3) is 11.3 Å². The number of carbonyl (C=O) groups is 1. The molecule has 7 heteroatoms. The molecule has 160 valence electrons. The van der Waals surface area contributed by atoms with Crippen molar-refractivity contribution in [2.75, 3.05) is 11.9 Å². The summed E-state index contributed by atoms with van der Waals surface area (Å²) in [6, 6.07) is 5.71. The Bertz CT molecular complexity index is 1040. The first-order chi connectivity index (χ1) is 15.0. The predicted octanol–water partition coefficient (Wildman–Crippen LogP) is 4.57. The summed E-state index contributed by atoms with van der Waals surface area (Å²) in [5.74, 6) is 0.648. The second kappa shape index (κ2) is 9.06. The number of amides is 1. The maximum atomic E-state index is 13.0. The number of thioether (sulfide) groups is 1. The van der Waals surface area contributed by atoms with E-state index in [1.54, 1.807) is 24.2 Å². The standard InChI is InChI=1S/C24H27N5OS/c1-16-12-17(2)21(13-19(16)23(30)27-14-24(3)8-5-11-31-24)29-22-18(6-4-9-26-22)20-7-10-25-15-28-20/h4-7,9-13,15-16,19H,8,14H2,1-3H3,(H,26,29)(H,27,30). The molecular weight excluding hydrogens is 406 g/mol. The third-order valence-corrected chi connectivity index (χ3v) is 6.92. The molecule has 3 unspecified atom stereocenters. The first kappa shape index (κ1) is 21.3. The van der Waals surface area contributed by atoms with E-state index in [-0.39, 0.29) is 22.5 Å². The highest BCUT2D eigenvalue weighted by molar-refractivity contribution is 8.03. The van der Waals surface area contributed by atoms with Crippen molar-refractivity contribution in [3.8, 4) is 11.3 Å². The summed E-state index contributed by atoms with van der Waals surface area (Å²) in [7, 11) is 0. The molecule has 2 aliphatic rings. The first-order valence-electron chi connectivity index (χ1n) is 10.4. The molecule has 31 heavy (non-hydrogen) atoms. The van der Waals surface area contributed by atoms with Crippen molar-refractivity contribution in [2.24, 2.45) is 11.8 Å². The summed E-state index contributed by atoms with van der Waals surface area (Å²) in [5.41, 5.74) is 3.67. The van der Waals surface area contributed by atoms with Gasteiger partial charge in [-0.15, -0.1) is 11.8 Å². The van der Waals surface area contributed by atoms with Crippen molar-refractivity contribution >= 4 is 23.5 Å². The Hall–Kier alpha value is -2.93. The zero-order chi connectivity index (χ0) is 21.8. The Morgan fingerprint density at radius 3 is 2.87 bits per heavy atom. The lowest BCUT2D eigenvalue weighted by Gasteiger charge is -2.28. The molecule has 3 heterocycles. The van der Waals surface area contributed by atoms with E-state index in [9.17, 15) is 4.79 Å². The number of allylic oxidation sites excluding steroid dienone is 3. The maximum absolute atomic E-state index is 13.0. The molecule has 0 saturated carbocycles. The molecule has 0 radical (unpaired) electrons. The molecule has 0 saturated heterocycles. The van der Waals surface area contributed by atoms with Crippen LogP contribution in [0.2, 0.25) is 0 Å². The third-order valence-electron chi connectivity index (χ3n) is 5.71. The van der Waals surface area contributed by atoms with Gasteiger partial charge < -0.3 is 10.6 Å². The molecule has 2 aromatic heterocycles. The van der Waals surface area contributed by atoms with Crippen LogP contribution in [0.1, 0.15) is 27.2 Å². The lowest BCUT2D eigenvalue weighted by Crippen LogP contribution is -2.41. The monoisotopic (exact) mass is 433 g/mol. The molecule has 0 fully saturated rings. The zero-order valence-electron chi connectivity index (χ0n) is 18.0. The summed E-state index contributed by atoms with van der Waals surface area (Å²) < 4.78 is 0.0461. The molecule has 0 aromatic carbocycles. The largest absolute Gasteiger partial charge is 0.354 e. The van der Waals surface area contributed by atoms with Gasteiger partial charge in [0.15, 0.2) is 0 Å². The Morgan fingerprint density at radius 2 is 2.13 bits per heavy atom. The van der Waals surface area contributed by atoms with Crippen LogP contribution in [-0.2, 0) is 4.79 Å². The van der Waals surface area contributed by atoms with Crippen molar-refractivity contribution in [3.05, 3.63) is 71.8 Å². The molecule has 0 bridgehead atoms. The molecule has 2 N–H and O–H groups in total. The molecule has 1 aliphatic heterocycles.